The van der Waals surface area contributed by atoms with Gasteiger partial charge in [-0.1, -0.05) is 26.5 Å². The lowest BCUT2D eigenvalue weighted by atomic mass is 9.96. The van der Waals surface area contributed by atoms with Crippen molar-refractivity contribution < 1.29 is 4.74 Å². The largest absolute Gasteiger partial charge is 0.384 e. The maximum atomic E-state index is 5.29. The maximum Gasteiger partial charge on any atom is 0.0547 e. The summed E-state index contributed by atoms with van der Waals surface area (Å²) in [4.78, 5) is 0. The van der Waals surface area contributed by atoms with E-state index >= 15 is 0 Å². The van der Waals surface area contributed by atoms with Gasteiger partial charge in [-0.15, -0.1) is 0 Å². The summed E-state index contributed by atoms with van der Waals surface area (Å²) in [7, 11) is 1.67. The van der Waals surface area contributed by atoms with Crippen LogP contribution >= 0.6 is 0 Å². The van der Waals surface area contributed by atoms with E-state index < -0.39 is 0 Å². The molecule has 0 unspecified atom stereocenters. The minimum absolute atomic E-state index is 0.0226. The summed E-state index contributed by atoms with van der Waals surface area (Å²) < 4.78 is 4.89. The molecule has 0 heterocycles. The molecule has 0 aliphatic rings. The van der Waals surface area contributed by atoms with Crippen molar-refractivity contribution in [1.29, 1.82) is 0 Å². The van der Waals surface area contributed by atoms with Crippen LogP contribution in [-0.2, 0) is 4.74 Å². The van der Waals surface area contributed by atoms with Crippen LogP contribution < -0.4 is 0 Å². The van der Waals surface area contributed by atoms with Gasteiger partial charge >= 0.3 is 0 Å². The van der Waals surface area contributed by atoms with Gasteiger partial charge in [0.15, 0.2) is 0 Å². The van der Waals surface area contributed by atoms with E-state index in [4.69, 9.17) is 11.3 Å². The van der Waals surface area contributed by atoms with Crippen molar-refractivity contribution >= 4 is 0 Å². The second-order valence-corrected chi connectivity index (χ2v) is 2.59. The molecule has 0 aliphatic heterocycles. The van der Waals surface area contributed by atoms with Crippen molar-refractivity contribution in [3.8, 4) is 0 Å². The van der Waals surface area contributed by atoms with Gasteiger partial charge in [-0.05, 0) is 0 Å². The van der Waals surface area contributed by atoms with Crippen molar-refractivity contribution in [2.45, 2.75) is 13.8 Å². The van der Waals surface area contributed by atoms with Gasteiger partial charge in [-0.2, -0.15) is 0 Å². The second-order valence-electron chi connectivity index (χ2n) is 2.59. The van der Waals surface area contributed by atoms with Crippen LogP contribution in [0.3, 0.4) is 0 Å². The summed E-state index contributed by atoms with van der Waals surface area (Å²) in [6, 6.07) is 0. The smallest absolute Gasteiger partial charge is 0.0547 e. The van der Waals surface area contributed by atoms with Crippen molar-refractivity contribution in [3.05, 3.63) is 12.7 Å². The third-order valence-electron chi connectivity index (χ3n) is 0.968. The van der Waals surface area contributed by atoms with Gasteiger partial charge in [0.2, 0.25) is 0 Å². The van der Waals surface area contributed by atoms with Gasteiger partial charge in [0, 0.05) is 12.5 Å². The van der Waals surface area contributed by atoms with E-state index in [1.165, 1.54) is 0 Å². The minimum atomic E-state index is 0.0226. The summed E-state index contributed by atoms with van der Waals surface area (Å²) in [6.45, 7) is 10.0. The highest BCUT2D eigenvalue weighted by molar-refractivity contribution is 4.84. The topological polar surface area (TPSA) is 9.23 Å². The van der Waals surface area contributed by atoms with Gasteiger partial charge in [0.05, 0.1) is 6.61 Å². The molecular formula is C7H13O. The maximum absolute atomic E-state index is 5.29. The van der Waals surface area contributed by atoms with Crippen LogP contribution in [0.2, 0.25) is 0 Å². The molecule has 0 rings (SSSR count). The molecule has 47 valence electrons. The zero-order valence-corrected chi connectivity index (χ0v) is 5.77. The molecule has 0 N–H and O–H groups in total. The molecule has 0 spiro atoms. The van der Waals surface area contributed by atoms with Gasteiger partial charge in [-0.25, -0.2) is 0 Å². The standard InChI is InChI=1S/C7H13O/c1-5-7(2,3)6-8-4/h1,5H,6H2,2-4H3. The van der Waals surface area contributed by atoms with Gasteiger partial charge in [0.25, 0.3) is 0 Å². The molecule has 1 radical (unpaired) electrons. The molecule has 0 aromatic rings. The van der Waals surface area contributed by atoms with Crippen molar-refractivity contribution in [1.82, 2.24) is 0 Å². The molecule has 0 fully saturated rings. The van der Waals surface area contributed by atoms with E-state index in [0.717, 1.165) is 0 Å². The first-order valence-electron chi connectivity index (χ1n) is 2.67. The lowest BCUT2D eigenvalue weighted by Gasteiger charge is -2.16. The highest BCUT2D eigenvalue weighted by Crippen LogP contribution is 2.14. The summed E-state index contributed by atoms with van der Waals surface area (Å²) in [6.07, 6.45) is 1.65. The summed E-state index contributed by atoms with van der Waals surface area (Å²) in [5.74, 6) is 0. The monoisotopic (exact) mass is 113 g/mol. The lowest BCUT2D eigenvalue weighted by Crippen LogP contribution is -2.14. The fourth-order valence-electron chi connectivity index (χ4n) is 0.420. The van der Waals surface area contributed by atoms with Crippen molar-refractivity contribution in [3.63, 3.8) is 0 Å². The molecule has 0 aromatic carbocycles. The first-order valence-corrected chi connectivity index (χ1v) is 2.67. The number of rotatable bonds is 3. The van der Waals surface area contributed by atoms with Crippen LogP contribution in [-0.4, -0.2) is 13.7 Å². The van der Waals surface area contributed by atoms with Crippen LogP contribution in [0, 0.1) is 12.0 Å². The zero-order chi connectivity index (χ0) is 6.62. The molecule has 0 bridgehead atoms. The average molecular weight is 113 g/mol. The average Bonchev–Trinajstić information content (AvgIpc) is 1.67. The third kappa shape index (κ3) is 2.80. The second kappa shape index (κ2) is 2.88. The van der Waals surface area contributed by atoms with E-state index in [2.05, 4.69) is 0 Å². The van der Waals surface area contributed by atoms with Crippen molar-refractivity contribution in [2.75, 3.05) is 13.7 Å². The Hall–Kier alpha value is -0.300. The van der Waals surface area contributed by atoms with Gasteiger partial charge < -0.3 is 4.74 Å². The fourth-order valence-corrected chi connectivity index (χ4v) is 0.420. The predicted octanol–water partition coefficient (Wildman–Crippen LogP) is 1.65. The van der Waals surface area contributed by atoms with Crippen LogP contribution in [0.15, 0.2) is 6.08 Å². The number of ether oxygens (including phenoxy) is 1. The summed E-state index contributed by atoms with van der Waals surface area (Å²) in [5.41, 5.74) is 0.0226. The molecule has 0 saturated heterocycles. The van der Waals surface area contributed by atoms with E-state index in [1.54, 1.807) is 13.2 Å². The summed E-state index contributed by atoms with van der Waals surface area (Å²) in [5, 5.41) is 0. The normalized spacial score (nSPS) is 11.4. The Bertz CT molecular complexity index is 74.5. The Labute approximate surface area is 51.4 Å². The number of hydrogen-bond donors (Lipinski definition) is 0. The Morgan fingerprint density at radius 2 is 2.12 bits per heavy atom. The Kier molecular flexibility index (Phi) is 2.77. The van der Waals surface area contributed by atoms with Gasteiger partial charge in [-0.3, -0.25) is 0 Å². The van der Waals surface area contributed by atoms with Crippen LogP contribution in [0.4, 0.5) is 0 Å². The van der Waals surface area contributed by atoms with E-state index in [-0.39, 0.29) is 5.41 Å². The summed E-state index contributed by atoms with van der Waals surface area (Å²) >= 11 is 0. The Balaban J connectivity index is 3.53. The fraction of sp³-hybridized carbons (Fsp3) is 0.714. The molecule has 0 amide bonds. The quantitative estimate of drug-likeness (QED) is 0.540. The molecule has 1 nitrogen and oxygen atoms in total. The van der Waals surface area contributed by atoms with Crippen molar-refractivity contribution in [2.24, 2.45) is 5.41 Å². The zero-order valence-electron chi connectivity index (χ0n) is 5.77. The Morgan fingerprint density at radius 1 is 1.62 bits per heavy atom. The number of methoxy groups -OCH3 is 1. The van der Waals surface area contributed by atoms with Gasteiger partial charge in [0.1, 0.15) is 0 Å². The molecule has 8 heavy (non-hydrogen) atoms. The van der Waals surface area contributed by atoms with E-state index in [0.29, 0.717) is 6.61 Å². The Morgan fingerprint density at radius 3 is 2.25 bits per heavy atom. The molecule has 0 aromatic heterocycles. The number of hydrogen-bond acceptors (Lipinski definition) is 1. The molecule has 1 heteroatoms. The molecular weight excluding hydrogens is 100 g/mol. The van der Waals surface area contributed by atoms with E-state index in [9.17, 15) is 0 Å². The van der Waals surface area contributed by atoms with Crippen LogP contribution in [0.5, 0.6) is 0 Å². The predicted molar refractivity (Wildman–Crippen MR) is 34.5 cm³/mol. The third-order valence-corrected chi connectivity index (χ3v) is 0.968. The molecule has 0 saturated carbocycles. The highest BCUT2D eigenvalue weighted by atomic mass is 16.5. The highest BCUT2D eigenvalue weighted by Gasteiger charge is 2.10. The van der Waals surface area contributed by atoms with E-state index in [1.807, 2.05) is 13.8 Å². The molecule has 0 atom stereocenters. The first-order chi connectivity index (χ1) is 3.62. The van der Waals surface area contributed by atoms with Crippen LogP contribution in [0.25, 0.3) is 0 Å². The minimum Gasteiger partial charge on any atom is -0.384 e. The SMILES string of the molecule is [CH]=CC(C)(C)COC. The lowest BCUT2D eigenvalue weighted by molar-refractivity contribution is 0.133. The first kappa shape index (κ1) is 7.70. The van der Waals surface area contributed by atoms with Crippen LogP contribution in [0.1, 0.15) is 13.8 Å². The molecule has 0 aliphatic carbocycles.